The largest absolute Gasteiger partial charge is 0.376 e. The minimum absolute atomic E-state index is 0.132. The van der Waals surface area contributed by atoms with Crippen LogP contribution in [0.1, 0.15) is 45.8 Å². The van der Waals surface area contributed by atoms with Gasteiger partial charge in [0, 0.05) is 19.6 Å². The van der Waals surface area contributed by atoms with E-state index in [1.165, 1.54) is 9.70 Å². The highest BCUT2D eigenvalue weighted by molar-refractivity contribution is 6.21. The Balaban J connectivity index is 1.36. The topological polar surface area (TPSA) is 90.2 Å². The van der Waals surface area contributed by atoms with Crippen molar-refractivity contribution in [2.24, 2.45) is 0 Å². The molecule has 8 nitrogen and oxygen atoms in total. The number of hydrogen-bond donors (Lipinski definition) is 0. The smallest absolute Gasteiger partial charge is 0.261 e. The molecule has 0 N–H and O–H groups in total. The summed E-state index contributed by atoms with van der Waals surface area (Å²) in [6, 6.07) is 6.87. The number of ether oxygens (including phenoxy) is 1. The number of nitrogens with zero attached hydrogens (tertiary/aromatic N) is 5. The van der Waals surface area contributed by atoms with Gasteiger partial charge < -0.3 is 4.74 Å². The highest BCUT2D eigenvalue weighted by Gasteiger charge is 2.34. The van der Waals surface area contributed by atoms with Crippen molar-refractivity contribution in [3.8, 4) is 0 Å². The minimum atomic E-state index is -0.261. The summed E-state index contributed by atoms with van der Waals surface area (Å²) in [5.41, 5.74) is 0.914. The number of imide groups is 1. The Labute approximate surface area is 144 Å². The summed E-state index contributed by atoms with van der Waals surface area (Å²) >= 11 is 0. The van der Waals surface area contributed by atoms with Gasteiger partial charge in [-0.3, -0.25) is 14.5 Å². The van der Waals surface area contributed by atoms with Crippen LogP contribution in [0.25, 0.3) is 0 Å². The van der Waals surface area contributed by atoms with Crippen molar-refractivity contribution in [2.75, 3.05) is 13.2 Å². The van der Waals surface area contributed by atoms with E-state index in [0.717, 1.165) is 25.9 Å². The van der Waals surface area contributed by atoms with Gasteiger partial charge in [0.25, 0.3) is 11.8 Å². The van der Waals surface area contributed by atoms with E-state index in [9.17, 15) is 9.59 Å². The standard InChI is InChI=1S/C17H19N5O3/c23-16-13-6-1-2-7-14(13)17(24)21(16)9-8-15-18-20-22(19-15)11-12-5-3-4-10-25-12/h1-2,6-7,12H,3-5,8-11H2/t12-/m0/s1. The van der Waals surface area contributed by atoms with Crippen molar-refractivity contribution >= 4 is 11.8 Å². The fourth-order valence-electron chi connectivity index (χ4n) is 3.24. The maximum Gasteiger partial charge on any atom is 0.261 e. The van der Waals surface area contributed by atoms with Gasteiger partial charge in [0.2, 0.25) is 0 Å². The molecular formula is C17H19N5O3. The Kier molecular flexibility index (Phi) is 4.27. The number of fused-ring (bicyclic) bond motifs is 1. The van der Waals surface area contributed by atoms with Crippen molar-refractivity contribution in [1.29, 1.82) is 0 Å². The maximum atomic E-state index is 12.3. The number of tetrazole rings is 1. The van der Waals surface area contributed by atoms with E-state index < -0.39 is 0 Å². The van der Waals surface area contributed by atoms with Gasteiger partial charge in [-0.25, -0.2) is 0 Å². The summed E-state index contributed by atoms with van der Waals surface area (Å²) in [4.78, 5) is 27.4. The van der Waals surface area contributed by atoms with Crippen LogP contribution in [0.4, 0.5) is 0 Å². The Hall–Kier alpha value is -2.61. The zero-order valence-electron chi connectivity index (χ0n) is 13.8. The van der Waals surface area contributed by atoms with Crippen LogP contribution in [0, 0.1) is 0 Å². The molecule has 8 heteroatoms. The number of hydrogen-bond acceptors (Lipinski definition) is 6. The summed E-state index contributed by atoms with van der Waals surface area (Å²) in [5.74, 6) is -0.000407. The first-order chi connectivity index (χ1) is 12.2. The second kappa shape index (κ2) is 6.72. The highest BCUT2D eigenvalue weighted by atomic mass is 16.5. The van der Waals surface area contributed by atoms with E-state index in [1.54, 1.807) is 24.3 Å². The lowest BCUT2D eigenvalue weighted by atomic mass is 10.1. The van der Waals surface area contributed by atoms with Crippen LogP contribution >= 0.6 is 0 Å². The third-order valence-corrected chi connectivity index (χ3v) is 4.57. The normalized spacial score (nSPS) is 20.2. The summed E-state index contributed by atoms with van der Waals surface area (Å²) in [6.45, 7) is 1.62. The summed E-state index contributed by atoms with van der Waals surface area (Å²) in [5, 5.41) is 12.4. The third-order valence-electron chi connectivity index (χ3n) is 4.57. The van der Waals surface area contributed by atoms with Crippen LogP contribution in [0.15, 0.2) is 24.3 Å². The van der Waals surface area contributed by atoms with Crippen molar-refractivity contribution in [3.63, 3.8) is 0 Å². The lowest BCUT2D eigenvalue weighted by molar-refractivity contribution is 0.00127. The number of carbonyl (C=O) groups is 2. The Morgan fingerprint density at radius 1 is 1.12 bits per heavy atom. The lowest BCUT2D eigenvalue weighted by Crippen LogP contribution is -2.32. The predicted molar refractivity (Wildman–Crippen MR) is 86.9 cm³/mol. The van der Waals surface area contributed by atoms with Crippen LogP contribution in [-0.4, -0.2) is 56.2 Å². The van der Waals surface area contributed by atoms with E-state index in [1.807, 2.05) is 0 Å². The molecule has 130 valence electrons. The molecule has 0 unspecified atom stereocenters. The molecule has 1 atom stereocenters. The lowest BCUT2D eigenvalue weighted by Gasteiger charge is -2.21. The van der Waals surface area contributed by atoms with Crippen LogP contribution in [-0.2, 0) is 17.7 Å². The molecule has 0 spiro atoms. The quantitative estimate of drug-likeness (QED) is 0.756. The third kappa shape index (κ3) is 3.17. The zero-order chi connectivity index (χ0) is 17.2. The van der Waals surface area contributed by atoms with E-state index in [4.69, 9.17) is 4.74 Å². The first kappa shape index (κ1) is 15.9. The maximum absolute atomic E-state index is 12.3. The van der Waals surface area contributed by atoms with E-state index in [-0.39, 0.29) is 24.5 Å². The first-order valence-electron chi connectivity index (χ1n) is 8.56. The first-order valence-corrected chi connectivity index (χ1v) is 8.56. The van der Waals surface area contributed by atoms with E-state index in [0.29, 0.717) is 29.9 Å². The van der Waals surface area contributed by atoms with Crippen LogP contribution in [0.5, 0.6) is 0 Å². The molecule has 3 heterocycles. The summed E-state index contributed by atoms with van der Waals surface area (Å²) < 4.78 is 5.67. The fraction of sp³-hybridized carbons (Fsp3) is 0.471. The average Bonchev–Trinajstić information content (AvgIpc) is 3.18. The molecule has 1 fully saturated rings. The molecule has 2 aliphatic rings. The molecule has 2 aromatic rings. The van der Waals surface area contributed by atoms with E-state index in [2.05, 4.69) is 15.4 Å². The molecular weight excluding hydrogens is 322 g/mol. The Bertz CT molecular complexity index is 762. The van der Waals surface area contributed by atoms with Gasteiger partial charge in [-0.05, 0) is 36.6 Å². The van der Waals surface area contributed by atoms with Gasteiger partial charge in [0.1, 0.15) is 0 Å². The second-order valence-electron chi connectivity index (χ2n) is 6.31. The monoisotopic (exact) mass is 341 g/mol. The molecule has 1 saturated heterocycles. The number of aromatic nitrogens is 4. The van der Waals surface area contributed by atoms with Gasteiger partial charge >= 0.3 is 0 Å². The molecule has 4 rings (SSSR count). The number of benzene rings is 1. The molecule has 0 saturated carbocycles. The number of amides is 2. The molecule has 0 bridgehead atoms. The van der Waals surface area contributed by atoms with Crippen LogP contribution in [0.3, 0.4) is 0 Å². The molecule has 25 heavy (non-hydrogen) atoms. The van der Waals surface area contributed by atoms with Gasteiger partial charge in [-0.2, -0.15) is 4.80 Å². The summed E-state index contributed by atoms with van der Waals surface area (Å²) in [7, 11) is 0. The molecule has 0 aliphatic carbocycles. The molecule has 1 aromatic heterocycles. The average molecular weight is 341 g/mol. The fourth-order valence-corrected chi connectivity index (χ4v) is 3.24. The van der Waals surface area contributed by atoms with Gasteiger partial charge in [0.15, 0.2) is 5.82 Å². The molecule has 0 radical (unpaired) electrons. The Morgan fingerprint density at radius 3 is 2.56 bits per heavy atom. The molecule has 2 aliphatic heterocycles. The van der Waals surface area contributed by atoms with Crippen molar-refractivity contribution in [3.05, 3.63) is 41.2 Å². The van der Waals surface area contributed by atoms with Crippen LogP contribution < -0.4 is 0 Å². The number of carbonyl (C=O) groups excluding carboxylic acids is 2. The minimum Gasteiger partial charge on any atom is -0.376 e. The van der Waals surface area contributed by atoms with Crippen molar-refractivity contribution in [2.45, 2.75) is 38.3 Å². The number of rotatable bonds is 5. The van der Waals surface area contributed by atoms with Crippen LogP contribution in [0.2, 0.25) is 0 Å². The van der Waals surface area contributed by atoms with Gasteiger partial charge in [-0.1, -0.05) is 12.1 Å². The highest BCUT2D eigenvalue weighted by Crippen LogP contribution is 2.22. The SMILES string of the molecule is O=C1c2ccccc2C(=O)N1CCc1nnn(C[C@@H]2CCCCO2)n1. The van der Waals surface area contributed by atoms with Crippen molar-refractivity contribution < 1.29 is 14.3 Å². The van der Waals surface area contributed by atoms with Gasteiger partial charge in [0.05, 0.1) is 23.8 Å². The Morgan fingerprint density at radius 2 is 1.88 bits per heavy atom. The second-order valence-corrected chi connectivity index (χ2v) is 6.31. The van der Waals surface area contributed by atoms with E-state index >= 15 is 0 Å². The van der Waals surface area contributed by atoms with Gasteiger partial charge in [-0.15, -0.1) is 10.2 Å². The molecule has 2 amide bonds. The predicted octanol–water partition coefficient (Wildman–Crippen LogP) is 1.08. The summed E-state index contributed by atoms with van der Waals surface area (Å²) in [6.07, 6.45) is 3.79. The van der Waals surface area contributed by atoms with Crippen molar-refractivity contribution in [1.82, 2.24) is 25.1 Å². The molecule has 1 aromatic carbocycles. The zero-order valence-corrected chi connectivity index (χ0v) is 13.8.